The molecule has 32 heavy (non-hydrogen) atoms. The number of benzene rings is 3. The molecule has 0 radical (unpaired) electrons. The highest BCUT2D eigenvalue weighted by Gasteiger charge is 2.16. The van der Waals surface area contributed by atoms with Crippen molar-refractivity contribution in [3.05, 3.63) is 83.2 Å². The van der Waals surface area contributed by atoms with Crippen molar-refractivity contribution < 1.29 is 17.6 Å². The normalized spacial score (nSPS) is 11.7. The minimum Gasteiger partial charge on any atom is -0.497 e. The topological polar surface area (TPSA) is 98.5 Å². The summed E-state index contributed by atoms with van der Waals surface area (Å²) in [6.45, 7) is 0. The van der Waals surface area contributed by atoms with Gasteiger partial charge in [0, 0.05) is 11.5 Å². The minimum atomic E-state index is -3.75. The van der Waals surface area contributed by atoms with Crippen LogP contribution in [0, 0.1) is 0 Å². The molecule has 0 fully saturated rings. The van der Waals surface area contributed by atoms with Gasteiger partial charge < -0.3 is 9.15 Å². The number of nitrogens with zero attached hydrogens (tertiary/aromatic N) is 1. The van der Waals surface area contributed by atoms with Gasteiger partial charge in [0.05, 0.1) is 33.5 Å². The fraction of sp³-hybridized carbons (Fsp3) is 0.0435. The van der Waals surface area contributed by atoms with Gasteiger partial charge in [-0.25, -0.2) is 18.2 Å². The Labute approximate surface area is 187 Å². The Kier molecular flexibility index (Phi) is 4.91. The van der Waals surface area contributed by atoms with E-state index in [1.807, 2.05) is 18.2 Å². The van der Waals surface area contributed by atoms with Crippen LogP contribution in [0.3, 0.4) is 0 Å². The number of hydrogen-bond acceptors (Lipinski definition) is 7. The number of anilines is 1. The fourth-order valence-electron chi connectivity index (χ4n) is 3.28. The third kappa shape index (κ3) is 3.72. The van der Waals surface area contributed by atoms with Crippen molar-refractivity contribution in [3.8, 4) is 16.3 Å². The van der Waals surface area contributed by atoms with Crippen LogP contribution in [0.5, 0.6) is 5.75 Å². The molecule has 0 unspecified atom stereocenters. The third-order valence-electron chi connectivity index (χ3n) is 4.87. The predicted octanol–water partition coefficient (Wildman–Crippen LogP) is 4.88. The Bertz CT molecular complexity index is 1620. The summed E-state index contributed by atoms with van der Waals surface area (Å²) < 4.78 is 39.3. The first-order valence-electron chi connectivity index (χ1n) is 9.54. The van der Waals surface area contributed by atoms with Crippen molar-refractivity contribution in [1.29, 1.82) is 0 Å². The lowest BCUT2D eigenvalue weighted by Crippen LogP contribution is -2.12. The molecule has 0 aliphatic heterocycles. The van der Waals surface area contributed by atoms with E-state index in [0.717, 1.165) is 10.2 Å². The third-order valence-corrected chi connectivity index (χ3v) is 7.32. The molecule has 0 amide bonds. The average Bonchev–Trinajstić information content (AvgIpc) is 3.22. The van der Waals surface area contributed by atoms with Gasteiger partial charge in [0.15, 0.2) is 0 Å². The van der Waals surface area contributed by atoms with Crippen LogP contribution in [0.4, 0.5) is 5.69 Å². The zero-order valence-electron chi connectivity index (χ0n) is 16.7. The van der Waals surface area contributed by atoms with Gasteiger partial charge in [-0.1, -0.05) is 18.2 Å². The number of nitrogens with one attached hydrogen (secondary N) is 1. The van der Waals surface area contributed by atoms with E-state index in [1.54, 1.807) is 43.5 Å². The van der Waals surface area contributed by atoms with Crippen LogP contribution in [-0.2, 0) is 10.0 Å². The van der Waals surface area contributed by atoms with Gasteiger partial charge in [0.25, 0.3) is 10.0 Å². The van der Waals surface area contributed by atoms with E-state index in [2.05, 4.69) is 9.71 Å². The molecular formula is C23H16N2O5S2. The van der Waals surface area contributed by atoms with Crippen molar-refractivity contribution in [3.63, 3.8) is 0 Å². The quantitative estimate of drug-likeness (QED) is 0.372. The molecule has 1 N–H and O–H groups in total. The zero-order chi connectivity index (χ0) is 22.3. The van der Waals surface area contributed by atoms with Gasteiger partial charge in [0.1, 0.15) is 16.3 Å². The summed E-state index contributed by atoms with van der Waals surface area (Å²) in [5.41, 5.74) is 1.12. The summed E-state index contributed by atoms with van der Waals surface area (Å²) in [5.74, 6) is 0.712. The Morgan fingerprint density at radius 3 is 2.59 bits per heavy atom. The lowest BCUT2D eigenvalue weighted by atomic mass is 10.2. The second-order valence-corrected chi connectivity index (χ2v) is 9.68. The molecule has 0 saturated carbocycles. The lowest BCUT2D eigenvalue weighted by molar-refractivity contribution is 0.415. The summed E-state index contributed by atoms with van der Waals surface area (Å²) in [6.07, 6.45) is 0. The number of aromatic nitrogens is 1. The highest BCUT2D eigenvalue weighted by Crippen LogP contribution is 2.32. The van der Waals surface area contributed by atoms with E-state index in [1.165, 1.54) is 29.5 Å². The maximum absolute atomic E-state index is 12.7. The number of methoxy groups -OCH3 is 1. The molecule has 2 aromatic heterocycles. The Hall–Kier alpha value is -3.69. The van der Waals surface area contributed by atoms with Crippen LogP contribution in [0.25, 0.3) is 31.8 Å². The smallest absolute Gasteiger partial charge is 0.346 e. The first-order chi connectivity index (χ1) is 15.4. The average molecular weight is 465 g/mol. The summed E-state index contributed by atoms with van der Waals surface area (Å²) in [5, 5.41) is 1.19. The molecule has 0 bridgehead atoms. The minimum absolute atomic E-state index is 0.143. The molecule has 0 aliphatic carbocycles. The fourth-order valence-corrected chi connectivity index (χ4v) is 5.35. The molecule has 0 atom stereocenters. The van der Waals surface area contributed by atoms with Crippen LogP contribution in [-0.4, -0.2) is 20.5 Å². The Balaban J connectivity index is 1.52. The number of fused-ring (bicyclic) bond motifs is 2. The van der Waals surface area contributed by atoms with Crippen molar-refractivity contribution in [1.82, 2.24) is 4.98 Å². The van der Waals surface area contributed by atoms with E-state index in [4.69, 9.17) is 9.15 Å². The lowest BCUT2D eigenvalue weighted by Gasteiger charge is -2.08. The molecule has 5 aromatic rings. The monoisotopic (exact) mass is 464 g/mol. The maximum atomic E-state index is 12.7. The van der Waals surface area contributed by atoms with Crippen LogP contribution < -0.4 is 15.1 Å². The Morgan fingerprint density at radius 2 is 1.81 bits per heavy atom. The van der Waals surface area contributed by atoms with Crippen LogP contribution >= 0.6 is 11.3 Å². The van der Waals surface area contributed by atoms with E-state index in [9.17, 15) is 13.2 Å². The summed E-state index contributed by atoms with van der Waals surface area (Å²) >= 11 is 1.37. The van der Waals surface area contributed by atoms with Crippen LogP contribution in [0.15, 0.2) is 86.9 Å². The van der Waals surface area contributed by atoms with E-state index in [0.29, 0.717) is 27.4 Å². The standard InChI is InChI=1S/C23H16N2O5S2/c1-29-16-9-10-19-21(13-16)31-22(24-19)18-11-14-7-8-15(12-20(14)30-23(18)26)25-32(27,28)17-5-3-2-4-6-17/h2-13,25H,1H3. The van der Waals surface area contributed by atoms with E-state index in [-0.39, 0.29) is 10.5 Å². The van der Waals surface area contributed by atoms with Gasteiger partial charge >= 0.3 is 5.63 Å². The molecular weight excluding hydrogens is 448 g/mol. The Morgan fingerprint density at radius 1 is 1.00 bits per heavy atom. The van der Waals surface area contributed by atoms with Crippen molar-refractivity contribution in [2.45, 2.75) is 4.90 Å². The van der Waals surface area contributed by atoms with Gasteiger partial charge in [-0.05, 0) is 48.5 Å². The van der Waals surface area contributed by atoms with Gasteiger partial charge in [0.2, 0.25) is 0 Å². The molecule has 9 heteroatoms. The zero-order valence-corrected chi connectivity index (χ0v) is 18.4. The van der Waals surface area contributed by atoms with Crippen LogP contribution in [0.1, 0.15) is 0 Å². The molecule has 160 valence electrons. The summed E-state index contributed by atoms with van der Waals surface area (Å²) in [4.78, 5) is 17.4. The number of ether oxygens (including phenoxy) is 1. The summed E-state index contributed by atoms with van der Waals surface area (Å²) in [6, 6.07) is 20.1. The number of rotatable bonds is 5. The number of sulfonamides is 1. The maximum Gasteiger partial charge on any atom is 0.346 e. The van der Waals surface area contributed by atoms with E-state index < -0.39 is 15.6 Å². The van der Waals surface area contributed by atoms with Crippen LogP contribution in [0.2, 0.25) is 0 Å². The molecule has 7 nitrogen and oxygen atoms in total. The van der Waals surface area contributed by atoms with Gasteiger partial charge in [-0.15, -0.1) is 11.3 Å². The summed E-state index contributed by atoms with van der Waals surface area (Å²) in [7, 11) is -2.16. The van der Waals surface area contributed by atoms with Crippen molar-refractivity contribution in [2.75, 3.05) is 11.8 Å². The SMILES string of the molecule is COc1ccc2nc(-c3cc4ccc(NS(=O)(=O)c5ccccc5)cc4oc3=O)sc2c1. The highest BCUT2D eigenvalue weighted by molar-refractivity contribution is 7.92. The molecule has 5 rings (SSSR count). The van der Waals surface area contributed by atoms with Crippen molar-refractivity contribution >= 4 is 48.2 Å². The second-order valence-electron chi connectivity index (χ2n) is 6.97. The first kappa shape index (κ1) is 20.2. The second kappa shape index (κ2) is 7.77. The van der Waals surface area contributed by atoms with E-state index >= 15 is 0 Å². The largest absolute Gasteiger partial charge is 0.497 e. The van der Waals surface area contributed by atoms with Gasteiger partial charge in [-0.3, -0.25) is 4.72 Å². The molecule has 0 aliphatic rings. The van der Waals surface area contributed by atoms with Crippen molar-refractivity contribution in [2.24, 2.45) is 0 Å². The molecule has 0 saturated heterocycles. The number of hydrogen-bond donors (Lipinski definition) is 1. The van der Waals surface area contributed by atoms with Gasteiger partial charge in [-0.2, -0.15) is 0 Å². The number of thiazole rings is 1. The first-order valence-corrected chi connectivity index (χ1v) is 11.8. The molecule has 3 aromatic carbocycles. The highest BCUT2D eigenvalue weighted by atomic mass is 32.2. The molecule has 0 spiro atoms. The predicted molar refractivity (Wildman–Crippen MR) is 125 cm³/mol. The molecule has 2 heterocycles.